The zero-order valence-electron chi connectivity index (χ0n) is 13.2. The largest absolute Gasteiger partial charge is 0.453 e. The minimum Gasteiger partial charge on any atom is -0.302 e. The molecule has 1 fully saturated rings. The summed E-state index contributed by atoms with van der Waals surface area (Å²) >= 11 is 0. The van der Waals surface area contributed by atoms with Gasteiger partial charge in [-0.2, -0.15) is 0 Å². The second-order valence-corrected chi connectivity index (χ2v) is 5.71. The smallest absolute Gasteiger partial charge is 0.302 e. The fourth-order valence-electron chi connectivity index (χ4n) is 2.86. The van der Waals surface area contributed by atoms with Gasteiger partial charge in [-0.25, -0.2) is 9.68 Å². The van der Waals surface area contributed by atoms with Gasteiger partial charge >= 0.3 is 6.09 Å². The highest BCUT2D eigenvalue weighted by atomic mass is 17.2. The number of piperidine rings is 1. The van der Waals surface area contributed by atoms with E-state index in [1.54, 1.807) is 17.0 Å². The van der Waals surface area contributed by atoms with Crippen LogP contribution in [-0.2, 0) is 4.89 Å². The zero-order valence-corrected chi connectivity index (χ0v) is 13.2. The van der Waals surface area contributed by atoms with Crippen LogP contribution >= 0.6 is 0 Å². The second kappa shape index (κ2) is 6.69. The fourth-order valence-corrected chi connectivity index (χ4v) is 2.86. The first kappa shape index (κ1) is 16.0. The number of benzene rings is 1. The maximum absolute atomic E-state index is 12.1. The van der Waals surface area contributed by atoms with E-state index in [1.165, 1.54) is 18.3 Å². The van der Waals surface area contributed by atoms with Crippen LogP contribution in [0.4, 0.5) is 10.5 Å². The molecule has 0 saturated carbocycles. The summed E-state index contributed by atoms with van der Waals surface area (Å²) < 4.78 is 0. The predicted octanol–water partition coefficient (Wildman–Crippen LogP) is 3.45. The fraction of sp³-hybridized carbons (Fsp3) is 0.375. The summed E-state index contributed by atoms with van der Waals surface area (Å²) in [4.78, 5) is 38.5. The van der Waals surface area contributed by atoms with Crippen molar-refractivity contribution in [3.63, 3.8) is 0 Å². The first-order valence-corrected chi connectivity index (χ1v) is 7.75. The van der Waals surface area contributed by atoms with Crippen molar-refractivity contribution in [3.05, 3.63) is 40.6 Å². The van der Waals surface area contributed by atoms with E-state index in [1.807, 2.05) is 6.92 Å². The third kappa shape index (κ3) is 3.08. The molecule has 1 aromatic heterocycles. The Morgan fingerprint density at radius 1 is 1.38 bits per heavy atom. The normalized spacial score (nSPS) is 17.5. The van der Waals surface area contributed by atoms with Gasteiger partial charge in [0, 0.05) is 24.8 Å². The van der Waals surface area contributed by atoms with Gasteiger partial charge in [0.25, 0.3) is 5.69 Å². The van der Waals surface area contributed by atoms with E-state index in [0.29, 0.717) is 11.9 Å². The highest BCUT2D eigenvalue weighted by Gasteiger charge is 2.26. The number of nitrogens with zero attached hydrogens (tertiary/aromatic N) is 3. The van der Waals surface area contributed by atoms with Crippen molar-refractivity contribution in [2.75, 3.05) is 6.54 Å². The van der Waals surface area contributed by atoms with E-state index in [-0.39, 0.29) is 23.0 Å². The Morgan fingerprint density at radius 3 is 2.96 bits per heavy atom. The van der Waals surface area contributed by atoms with E-state index in [4.69, 9.17) is 9.78 Å². The monoisotopic (exact) mass is 331 g/mol. The Bertz CT molecular complexity index is 779. The molecule has 0 N–H and O–H groups in total. The Hall–Kier alpha value is -2.90. The number of fused-ring (bicyclic) bond motifs is 1. The van der Waals surface area contributed by atoms with Crippen LogP contribution in [0.2, 0.25) is 0 Å². The standard InChI is InChI=1S/C16H17N3O5/c1-11-5-2-3-10-18(11)16(20)24-23-14-8-7-13(19(21)22)12-6-4-9-17-15(12)14/h4,6-9,11H,2-3,5,10H2,1H3. The average Bonchev–Trinajstić information content (AvgIpc) is 2.59. The molecule has 3 rings (SSSR count). The van der Waals surface area contributed by atoms with Gasteiger partial charge in [0.2, 0.25) is 5.75 Å². The van der Waals surface area contributed by atoms with Crippen molar-refractivity contribution in [3.8, 4) is 5.75 Å². The van der Waals surface area contributed by atoms with Gasteiger partial charge in [-0.15, -0.1) is 0 Å². The van der Waals surface area contributed by atoms with Gasteiger partial charge in [0.05, 0.1) is 10.3 Å². The van der Waals surface area contributed by atoms with E-state index in [9.17, 15) is 14.9 Å². The summed E-state index contributed by atoms with van der Waals surface area (Å²) in [5.41, 5.74) is 0.188. The van der Waals surface area contributed by atoms with Crippen LogP contribution in [0.15, 0.2) is 30.5 Å². The number of aromatic nitrogens is 1. The molecule has 1 aliphatic rings. The van der Waals surface area contributed by atoms with Crippen LogP contribution in [0.25, 0.3) is 10.9 Å². The summed E-state index contributed by atoms with van der Waals surface area (Å²) in [5.74, 6) is 0.161. The highest BCUT2D eigenvalue weighted by Crippen LogP contribution is 2.31. The number of pyridine rings is 1. The lowest BCUT2D eigenvalue weighted by atomic mass is 10.0. The molecule has 8 heteroatoms. The van der Waals surface area contributed by atoms with Gasteiger partial charge in [-0.05, 0) is 44.4 Å². The molecule has 0 radical (unpaired) electrons. The Kier molecular flexibility index (Phi) is 4.45. The van der Waals surface area contributed by atoms with Crippen molar-refractivity contribution < 1.29 is 19.5 Å². The second-order valence-electron chi connectivity index (χ2n) is 5.71. The quantitative estimate of drug-likeness (QED) is 0.486. The molecule has 0 bridgehead atoms. The van der Waals surface area contributed by atoms with Crippen LogP contribution in [0.1, 0.15) is 26.2 Å². The van der Waals surface area contributed by atoms with Crippen LogP contribution < -0.4 is 4.89 Å². The third-order valence-corrected chi connectivity index (χ3v) is 4.15. The summed E-state index contributed by atoms with van der Waals surface area (Å²) in [7, 11) is 0. The van der Waals surface area contributed by atoms with E-state index >= 15 is 0 Å². The van der Waals surface area contributed by atoms with E-state index < -0.39 is 11.0 Å². The lowest BCUT2D eigenvalue weighted by Crippen LogP contribution is -2.42. The lowest BCUT2D eigenvalue weighted by molar-refractivity contribution is -0.383. The van der Waals surface area contributed by atoms with E-state index in [0.717, 1.165) is 19.3 Å². The number of nitro benzene ring substituents is 1. The van der Waals surface area contributed by atoms with Crippen LogP contribution in [-0.4, -0.2) is 33.5 Å². The van der Waals surface area contributed by atoms with Crippen molar-refractivity contribution in [1.29, 1.82) is 0 Å². The SMILES string of the molecule is CC1CCCCN1C(=O)OOc1ccc([N+](=O)[O-])c2cccnc12. The molecule has 1 atom stereocenters. The van der Waals surface area contributed by atoms with Gasteiger partial charge in [0.15, 0.2) is 0 Å². The number of hydrogen-bond donors (Lipinski definition) is 0. The summed E-state index contributed by atoms with van der Waals surface area (Å²) in [6.07, 6.45) is 3.87. The molecule has 24 heavy (non-hydrogen) atoms. The summed E-state index contributed by atoms with van der Waals surface area (Å²) in [6.45, 7) is 2.59. The molecule has 0 aliphatic carbocycles. The predicted molar refractivity (Wildman–Crippen MR) is 85.5 cm³/mol. The van der Waals surface area contributed by atoms with Gasteiger partial charge in [0.1, 0.15) is 5.52 Å². The van der Waals surface area contributed by atoms with Crippen molar-refractivity contribution in [1.82, 2.24) is 9.88 Å². The average molecular weight is 331 g/mol. The van der Waals surface area contributed by atoms with E-state index in [2.05, 4.69) is 4.98 Å². The molecule has 2 aromatic rings. The summed E-state index contributed by atoms with van der Waals surface area (Å²) in [6, 6.07) is 5.95. The number of rotatable bonds is 3. The molecule has 2 heterocycles. The zero-order chi connectivity index (χ0) is 17.1. The number of non-ortho nitro benzene ring substituents is 1. The molecular weight excluding hydrogens is 314 g/mol. The maximum atomic E-state index is 12.1. The number of likely N-dealkylation sites (tertiary alicyclic amines) is 1. The lowest BCUT2D eigenvalue weighted by Gasteiger charge is -2.31. The molecule has 0 spiro atoms. The Balaban J connectivity index is 1.79. The molecule has 126 valence electrons. The molecule has 1 unspecified atom stereocenters. The third-order valence-electron chi connectivity index (χ3n) is 4.15. The Morgan fingerprint density at radius 2 is 2.21 bits per heavy atom. The molecule has 1 saturated heterocycles. The van der Waals surface area contributed by atoms with Gasteiger partial charge < -0.3 is 4.90 Å². The van der Waals surface area contributed by atoms with Gasteiger partial charge in [-0.1, -0.05) is 0 Å². The number of carbonyl (C=O) groups excluding carboxylic acids is 1. The van der Waals surface area contributed by atoms with Gasteiger partial charge in [-0.3, -0.25) is 20.0 Å². The van der Waals surface area contributed by atoms with Crippen molar-refractivity contribution >= 4 is 22.7 Å². The first-order valence-electron chi connectivity index (χ1n) is 7.75. The molecule has 8 nitrogen and oxygen atoms in total. The Labute approximate surface area is 138 Å². The molecule has 1 amide bonds. The number of nitro groups is 1. The van der Waals surface area contributed by atoms with Crippen LogP contribution in [0.5, 0.6) is 5.75 Å². The minimum atomic E-state index is -0.565. The maximum Gasteiger partial charge on any atom is 0.453 e. The topological polar surface area (TPSA) is 94.8 Å². The van der Waals surface area contributed by atoms with Crippen molar-refractivity contribution in [2.45, 2.75) is 32.2 Å². The summed E-state index contributed by atoms with van der Waals surface area (Å²) in [5, 5.41) is 11.4. The molecule has 1 aliphatic heterocycles. The minimum absolute atomic E-state index is 0.0820. The van der Waals surface area contributed by atoms with Crippen LogP contribution in [0, 0.1) is 10.1 Å². The van der Waals surface area contributed by atoms with Crippen LogP contribution in [0.3, 0.4) is 0 Å². The first-order chi connectivity index (χ1) is 11.6. The molecule has 1 aromatic carbocycles. The van der Waals surface area contributed by atoms with Crippen molar-refractivity contribution in [2.24, 2.45) is 0 Å². The number of carbonyl (C=O) groups is 1. The highest BCUT2D eigenvalue weighted by molar-refractivity contribution is 5.92. The number of amides is 1. The molecular formula is C16H17N3O5. The number of hydrogen-bond acceptors (Lipinski definition) is 6.